The summed E-state index contributed by atoms with van der Waals surface area (Å²) in [6, 6.07) is 22.8. The van der Waals surface area contributed by atoms with Gasteiger partial charge in [0.05, 0.1) is 0 Å². The zero-order chi connectivity index (χ0) is 15.8. The predicted molar refractivity (Wildman–Crippen MR) is 97.7 cm³/mol. The third-order valence-corrected chi connectivity index (χ3v) is 5.22. The van der Waals surface area contributed by atoms with Crippen LogP contribution in [0.2, 0.25) is 0 Å². The molecule has 0 amide bonds. The van der Waals surface area contributed by atoms with Crippen LogP contribution in [0.15, 0.2) is 60.7 Å². The first kappa shape index (κ1) is 14.5. The van der Waals surface area contributed by atoms with Gasteiger partial charge in [0, 0.05) is 19.1 Å². The SMILES string of the molecule is Cc1ccc2c(c1)CCN(C(C)c1cccc3ccccc13)C2. The molecule has 4 rings (SSSR count). The van der Waals surface area contributed by atoms with Gasteiger partial charge in [-0.05, 0) is 47.7 Å². The number of hydrogen-bond acceptors (Lipinski definition) is 1. The fourth-order valence-electron chi connectivity index (χ4n) is 3.85. The summed E-state index contributed by atoms with van der Waals surface area (Å²) < 4.78 is 0. The molecule has 23 heavy (non-hydrogen) atoms. The van der Waals surface area contributed by atoms with Gasteiger partial charge in [0.1, 0.15) is 0 Å². The maximum Gasteiger partial charge on any atom is 0.0329 e. The second-order valence-electron chi connectivity index (χ2n) is 6.74. The van der Waals surface area contributed by atoms with E-state index in [0.717, 1.165) is 19.5 Å². The van der Waals surface area contributed by atoms with Crippen molar-refractivity contribution in [1.82, 2.24) is 4.90 Å². The summed E-state index contributed by atoms with van der Waals surface area (Å²) in [5, 5.41) is 2.72. The Morgan fingerprint density at radius 1 is 0.913 bits per heavy atom. The number of nitrogens with zero attached hydrogens (tertiary/aromatic N) is 1. The van der Waals surface area contributed by atoms with Gasteiger partial charge in [-0.2, -0.15) is 0 Å². The molecule has 0 aliphatic carbocycles. The van der Waals surface area contributed by atoms with Crippen molar-refractivity contribution >= 4 is 10.8 Å². The standard InChI is InChI=1S/C22H23N/c1-16-10-11-20-15-23(13-12-19(20)14-16)17(2)21-9-5-7-18-6-3-4-8-22(18)21/h3-11,14,17H,12-13,15H2,1-2H3. The number of hydrogen-bond donors (Lipinski definition) is 0. The number of benzene rings is 3. The highest BCUT2D eigenvalue weighted by molar-refractivity contribution is 5.86. The van der Waals surface area contributed by atoms with Gasteiger partial charge in [0.15, 0.2) is 0 Å². The third kappa shape index (κ3) is 2.66. The summed E-state index contributed by atoms with van der Waals surface area (Å²) in [5.41, 5.74) is 5.85. The minimum absolute atomic E-state index is 0.440. The summed E-state index contributed by atoms with van der Waals surface area (Å²) >= 11 is 0. The van der Waals surface area contributed by atoms with Crippen LogP contribution in [-0.2, 0) is 13.0 Å². The van der Waals surface area contributed by atoms with Crippen LogP contribution in [0.5, 0.6) is 0 Å². The molecule has 1 nitrogen and oxygen atoms in total. The van der Waals surface area contributed by atoms with E-state index in [0.29, 0.717) is 6.04 Å². The van der Waals surface area contributed by atoms with E-state index in [1.54, 1.807) is 0 Å². The third-order valence-electron chi connectivity index (χ3n) is 5.22. The smallest absolute Gasteiger partial charge is 0.0329 e. The van der Waals surface area contributed by atoms with E-state index < -0.39 is 0 Å². The minimum atomic E-state index is 0.440. The van der Waals surface area contributed by atoms with Crippen molar-refractivity contribution in [2.75, 3.05) is 6.54 Å². The van der Waals surface area contributed by atoms with Crippen molar-refractivity contribution in [2.24, 2.45) is 0 Å². The van der Waals surface area contributed by atoms with Gasteiger partial charge in [-0.15, -0.1) is 0 Å². The lowest BCUT2D eigenvalue weighted by atomic mass is 9.94. The van der Waals surface area contributed by atoms with Gasteiger partial charge >= 0.3 is 0 Å². The number of aryl methyl sites for hydroxylation is 1. The summed E-state index contributed by atoms with van der Waals surface area (Å²) in [6.07, 6.45) is 1.16. The molecule has 1 aliphatic rings. The molecule has 0 saturated heterocycles. The fourth-order valence-corrected chi connectivity index (χ4v) is 3.85. The highest BCUT2D eigenvalue weighted by Crippen LogP contribution is 2.31. The van der Waals surface area contributed by atoms with Crippen molar-refractivity contribution in [3.05, 3.63) is 82.9 Å². The molecule has 1 heteroatoms. The highest BCUT2D eigenvalue weighted by atomic mass is 15.2. The summed E-state index contributed by atoms with van der Waals surface area (Å²) in [6.45, 7) is 6.73. The average molecular weight is 301 g/mol. The predicted octanol–water partition coefficient (Wildman–Crippen LogP) is 5.27. The van der Waals surface area contributed by atoms with Gasteiger partial charge in [0.2, 0.25) is 0 Å². The van der Waals surface area contributed by atoms with E-state index in [1.807, 2.05) is 0 Å². The Morgan fingerprint density at radius 3 is 2.65 bits per heavy atom. The normalized spacial score (nSPS) is 16.3. The maximum absolute atomic E-state index is 2.61. The van der Waals surface area contributed by atoms with E-state index in [1.165, 1.54) is 33.0 Å². The maximum atomic E-state index is 2.61. The Bertz CT molecular complexity index is 844. The summed E-state index contributed by atoms with van der Waals surface area (Å²) in [5.74, 6) is 0. The highest BCUT2D eigenvalue weighted by Gasteiger charge is 2.22. The lowest BCUT2D eigenvalue weighted by Gasteiger charge is -2.34. The molecule has 0 saturated carbocycles. The Balaban J connectivity index is 1.67. The molecule has 0 bridgehead atoms. The Kier molecular flexibility index (Phi) is 3.66. The molecule has 116 valence electrons. The Hall–Kier alpha value is -2.12. The van der Waals surface area contributed by atoms with Crippen molar-refractivity contribution < 1.29 is 0 Å². The molecular weight excluding hydrogens is 278 g/mol. The van der Waals surface area contributed by atoms with Crippen LogP contribution in [-0.4, -0.2) is 11.4 Å². The van der Waals surface area contributed by atoms with E-state index in [2.05, 4.69) is 79.4 Å². The van der Waals surface area contributed by atoms with Crippen LogP contribution in [0, 0.1) is 6.92 Å². The van der Waals surface area contributed by atoms with Crippen molar-refractivity contribution in [1.29, 1.82) is 0 Å². The van der Waals surface area contributed by atoms with Gasteiger partial charge in [-0.1, -0.05) is 66.2 Å². The minimum Gasteiger partial charge on any atom is -0.292 e. The topological polar surface area (TPSA) is 3.24 Å². The molecule has 3 aromatic rings. The monoisotopic (exact) mass is 301 g/mol. The quantitative estimate of drug-likeness (QED) is 0.623. The molecule has 0 radical (unpaired) electrons. The van der Waals surface area contributed by atoms with Crippen LogP contribution in [0.25, 0.3) is 10.8 Å². The molecule has 3 aromatic carbocycles. The largest absolute Gasteiger partial charge is 0.292 e. The lowest BCUT2D eigenvalue weighted by Crippen LogP contribution is -2.33. The molecule has 1 unspecified atom stereocenters. The van der Waals surface area contributed by atoms with Crippen molar-refractivity contribution in [3.63, 3.8) is 0 Å². The second kappa shape index (κ2) is 5.82. The number of fused-ring (bicyclic) bond motifs is 2. The average Bonchev–Trinajstić information content (AvgIpc) is 2.60. The van der Waals surface area contributed by atoms with Crippen LogP contribution < -0.4 is 0 Å². The zero-order valence-electron chi connectivity index (χ0n) is 13.9. The van der Waals surface area contributed by atoms with E-state index in [9.17, 15) is 0 Å². The van der Waals surface area contributed by atoms with Crippen LogP contribution in [0.4, 0.5) is 0 Å². The summed E-state index contributed by atoms with van der Waals surface area (Å²) in [7, 11) is 0. The van der Waals surface area contributed by atoms with Crippen LogP contribution in [0.1, 0.15) is 35.2 Å². The molecule has 1 aliphatic heterocycles. The first-order valence-electron chi connectivity index (χ1n) is 8.52. The molecular formula is C22H23N. The molecule has 0 aromatic heterocycles. The second-order valence-corrected chi connectivity index (χ2v) is 6.74. The molecule has 0 spiro atoms. The molecule has 0 fully saturated rings. The Morgan fingerprint density at radius 2 is 1.74 bits per heavy atom. The summed E-state index contributed by atoms with van der Waals surface area (Å²) in [4.78, 5) is 2.61. The number of rotatable bonds is 2. The molecule has 1 atom stereocenters. The Labute approximate surface area is 138 Å². The van der Waals surface area contributed by atoms with Gasteiger partial charge in [0.25, 0.3) is 0 Å². The van der Waals surface area contributed by atoms with Crippen LogP contribution >= 0.6 is 0 Å². The van der Waals surface area contributed by atoms with E-state index in [-0.39, 0.29) is 0 Å². The van der Waals surface area contributed by atoms with Gasteiger partial charge in [-0.3, -0.25) is 4.90 Å². The van der Waals surface area contributed by atoms with E-state index >= 15 is 0 Å². The van der Waals surface area contributed by atoms with Gasteiger partial charge < -0.3 is 0 Å². The molecule has 0 N–H and O–H groups in total. The van der Waals surface area contributed by atoms with E-state index in [4.69, 9.17) is 0 Å². The van der Waals surface area contributed by atoms with Crippen molar-refractivity contribution in [2.45, 2.75) is 32.9 Å². The fraction of sp³-hybridized carbons (Fsp3) is 0.273. The lowest BCUT2D eigenvalue weighted by molar-refractivity contribution is 0.193. The van der Waals surface area contributed by atoms with Crippen LogP contribution in [0.3, 0.4) is 0 Å². The first-order chi connectivity index (χ1) is 11.2. The zero-order valence-corrected chi connectivity index (χ0v) is 13.9. The first-order valence-corrected chi connectivity index (χ1v) is 8.52. The van der Waals surface area contributed by atoms with Gasteiger partial charge in [-0.25, -0.2) is 0 Å². The van der Waals surface area contributed by atoms with Crippen molar-refractivity contribution in [3.8, 4) is 0 Å². The molecule has 1 heterocycles.